The molecule has 0 saturated carbocycles. The molecular formula is C13H16ClN3O. The minimum absolute atomic E-state index is 0.588. The van der Waals surface area contributed by atoms with Crippen LogP contribution in [0.1, 0.15) is 13.3 Å². The fourth-order valence-corrected chi connectivity index (χ4v) is 1.94. The summed E-state index contributed by atoms with van der Waals surface area (Å²) in [6.07, 6.45) is 4.71. The molecule has 1 aromatic carbocycles. The number of rotatable bonds is 5. The second-order valence-electron chi connectivity index (χ2n) is 3.87. The van der Waals surface area contributed by atoms with E-state index in [2.05, 4.69) is 17.2 Å². The Morgan fingerprint density at radius 2 is 2.28 bits per heavy atom. The lowest BCUT2D eigenvalue weighted by Gasteiger charge is -2.10. The highest BCUT2D eigenvalue weighted by atomic mass is 35.5. The molecule has 0 amide bonds. The maximum Gasteiger partial charge on any atom is 0.207 e. The average Bonchev–Trinajstić information content (AvgIpc) is 2.84. The average molecular weight is 266 g/mol. The van der Waals surface area contributed by atoms with Crippen LogP contribution in [0.3, 0.4) is 0 Å². The zero-order chi connectivity index (χ0) is 13.0. The van der Waals surface area contributed by atoms with Crippen LogP contribution in [-0.2, 0) is 0 Å². The van der Waals surface area contributed by atoms with Crippen molar-refractivity contribution in [2.24, 2.45) is 0 Å². The van der Waals surface area contributed by atoms with Crippen LogP contribution in [0.25, 0.3) is 5.69 Å². The largest absolute Gasteiger partial charge is 0.495 e. The van der Waals surface area contributed by atoms with Gasteiger partial charge in [0.1, 0.15) is 5.75 Å². The van der Waals surface area contributed by atoms with E-state index >= 15 is 0 Å². The Labute approximate surface area is 112 Å². The van der Waals surface area contributed by atoms with E-state index in [1.54, 1.807) is 13.3 Å². The van der Waals surface area contributed by atoms with Gasteiger partial charge in [0.05, 0.1) is 17.8 Å². The molecule has 0 spiro atoms. The van der Waals surface area contributed by atoms with Gasteiger partial charge in [0, 0.05) is 18.9 Å². The standard InChI is InChI=1S/C13H16ClN3O/c1-3-6-15-13-16-7-8-17(13)10-4-5-12(18-2)11(14)9-10/h4-5,7-9H,3,6H2,1-2H3,(H,15,16). The maximum absolute atomic E-state index is 6.12. The molecule has 1 N–H and O–H groups in total. The van der Waals surface area contributed by atoms with Gasteiger partial charge in [0.2, 0.25) is 5.95 Å². The number of benzene rings is 1. The van der Waals surface area contributed by atoms with Crippen LogP contribution in [-0.4, -0.2) is 23.2 Å². The van der Waals surface area contributed by atoms with E-state index in [0.29, 0.717) is 10.8 Å². The number of methoxy groups -OCH3 is 1. The number of ether oxygens (including phenoxy) is 1. The van der Waals surface area contributed by atoms with Crippen molar-refractivity contribution in [1.82, 2.24) is 9.55 Å². The normalized spacial score (nSPS) is 10.4. The highest BCUT2D eigenvalue weighted by Gasteiger charge is 2.07. The minimum atomic E-state index is 0.588. The van der Waals surface area contributed by atoms with Crippen LogP contribution in [0.5, 0.6) is 5.75 Å². The molecule has 0 atom stereocenters. The van der Waals surface area contributed by atoms with Crippen molar-refractivity contribution in [2.75, 3.05) is 19.0 Å². The predicted octanol–water partition coefficient (Wildman–Crippen LogP) is 3.36. The second-order valence-corrected chi connectivity index (χ2v) is 4.27. The monoisotopic (exact) mass is 265 g/mol. The SMILES string of the molecule is CCCNc1nccn1-c1ccc(OC)c(Cl)c1. The summed E-state index contributed by atoms with van der Waals surface area (Å²) in [6.45, 7) is 3.01. The maximum atomic E-state index is 6.12. The van der Waals surface area contributed by atoms with Crippen LogP contribution in [0.15, 0.2) is 30.6 Å². The van der Waals surface area contributed by atoms with Crippen molar-refractivity contribution in [3.63, 3.8) is 0 Å². The van der Waals surface area contributed by atoms with E-state index in [-0.39, 0.29) is 0 Å². The van der Waals surface area contributed by atoms with Crippen molar-refractivity contribution >= 4 is 17.5 Å². The number of nitrogens with one attached hydrogen (secondary N) is 1. The van der Waals surface area contributed by atoms with Crippen molar-refractivity contribution in [3.05, 3.63) is 35.6 Å². The van der Waals surface area contributed by atoms with Crippen molar-refractivity contribution in [3.8, 4) is 11.4 Å². The summed E-state index contributed by atoms with van der Waals surface area (Å²) in [5, 5.41) is 3.86. The number of hydrogen-bond acceptors (Lipinski definition) is 3. The van der Waals surface area contributed by atoms with E-state index in [4.69, 9.17) is 16.3 Å². The number of halogens is 1. The van der Waals surface area contributed by atoms with Crippen molar-refractivity contribution in [1.29, 1.82) is 0 Å². The van der Waals surface area contributed by atoms with E-state index in [9.17, 15) is 0 Å². The first-order valence-corrected chi connectivity index (χ1v) is 6.25. The molecule has 0 radical (unpaired) electrons. The minimum Gasteiger partial charge on any atom is -0.495 e. The lowest BCUT2D eigenvalue weighted by molar-refractivity contribution is 0.415. The zero-order valence-corrected chi connectivity index (χ0v) is 11.2. The molecule has 1 heterocycles. The first kappa shape index (κ1) is 12.8. The molecule has 96 valence electrons. The third kappa shape index (κ3) is 2.59. The molecule has 2 rings (SSSR count). The Balaban J connectivity index is 2.31. The summed E-state index contributed by atoms with van der Waals surface area (Å²) in [7, 11) is 1.60. The van der Waals surface area contributed by atoms with Gasteiger partial charge in [-0.25, -0.2) is 4.98 Å². The van der Waals surface area contributed by atoms with Crippen LogP contribution in [0.4, 0.5) is 5.95 Å². The molecule has 0 aliphatic carbocycles. The summed E-state index contributed by atoms with van der Waals surface area (Å²) in [4.78, 5) is 4.28. The van der Waals surface area contributed by atoms with Crippen LogP contribution < -0.4 is 10.1 Å². The van der Waals surface area contributed by atoms with E-state index in [0.717, 1.165) is 24.6 Å². The Morgan fingerprint density at radius 1 is 1.44 bits per heavy atom. The third-order valence-electron chi connectivity index (χ3n) is 2.59. The molecule has 0 fully saturated rings. The fraction of sp³-hybridized carbons (Fsp3) is 0.308. The van der Waals surface area contributed by atoms with Crippen molar-refractivity contribution < 1.29 is 4.74 Å². The smallest absolute Gasteiger partial charge is 0.207 e. The van der Waals surface area contributed by atoms with E-state index < -0.39 is 0 Å². The van der Waals surface area contributed by atoms with E-state index in [1.165, 1.54) is 0 Å². The summed E-state index contributed by atoms with van der Waals surface area (Å²) in [6, 6.07) is 5.66. The first-order valence-electron chi connectivity index (χ1n) is 5.87. The predicted molar refractivity (Wildman–Crippen MR) is 73.9 cm³/mol. The number of hydrogen-bond donors (Lipinski definition) is 1. The molecule has 4 nitrogen and oxygen atoms in total. The quantitative estimate of drug-likeness (QED) is 0.901. The lowest BCUT2D eigenvalue weighted by Crippen LogP contribution is -2.06. The summed E-state index contributed by atoms with van der Waals surface area (Å²) in [5.41, 5.74) is 0.955. The molecule has 2 aromatic rings. The molecule has 0 aliphatic heterocycles. The van der Waals surface area contributed by atoms with Gasteiger partial charge < -0.3 is 10.1 Å². The van der Waals surface area contributed by atoms with Gasteiger partial charge >= 0.3 is 0 Å². The van der Waals surface area contributed by atoms with Gasteiger partial charge in [-0.15, -0.1) is 0 Å². The van der Waals surface area contributed by atoms with Crippen LogP contribution in [0, 0.1) is 0 Å². The molecule has 0 unspecified atom stereocenters. The Morgan fingerprint density at radius 3 is 2.94 bits per heavy atom. The fourth-order valence-electron chi connectivity index (χ4n) is 1.68. The lowest BCUT2D eigenvalue weighted by atomic mass is 10.3. The van der Waals surface area contributed by atoms with Crippen LogP contribution in [0.2, 0.25) is 5.02 Å². The number of imidazole rings is 1. The van der Waals surface area contributed by atoms with Gasteiger partial charge in [-0.2, -0.15) is 0 Å². The first-order chi connectivity index (χ1) is 8.76. The number of nitrogens with zero attached hydrogens (tertiary/aromatic N) is 2. The van der Waals surface area contributed by atoms with Crippen LogP contribution >= 0.6 is 11.6 Å². The molecule has 5 heteroatoms. The topological polar surface area (TPSA) is 39.1 Å². The molecular weight excluding hydrogens is 250 g/mol. The highest BCUT2D eigenvalue weighted by Crippen LogP contribution is 2.27. The molecule has 0 saturated heterocycles. The molecule has 0 aliphatic rings. The Kier molecular flexibility index (Phi) is 4.10. The summed E-state index contributed by atoms with van der Waals surface area (Å²) >= 11 is 6.12. The molecule has 18 heavy (non-hydrogen) atoms. The van der Waals surface area contributed by atoms with E-state index in [1.807, 2.05) is 29.0 Å². The Hall–Kier alpha value is -1.68. The van der Waals surface area contributed by atoms with Gasteiger partial charge in [-0.1, -0.05) is 18.5 Å². The van der Waals surface area contributed by atoms with Gasteiger partial charge in [0.15, 0.2) is 0 Å². The third-order valence-corrected chi connectivity index (χ3v) is 2.88. The Bertz CT molecular complexity index is 525. The summed E-state index contributed by atoms with van der Waals surface area (Å²) in [5.74, 6) is 1.49. The van der Waals surface area contributed by atoms with Gasteiger partial charge in [-0.3, -0.25) is 4.57 Å². The highest BCUT2D eigenvalue weighted by molar-refractivity contribution is 6.32. The second kappa shape index (κ2) is 5.78. The molecule has 0 bridgehead atoms. The van der Waals surface area contributed by atoms with Crippen molar-refractivity contribution in [2.45, 2.75) is 13.3 Å². The van der Waals surface area contributed by atoms with Gasteiger partial charge in [-0.05, 0) is 24.6 Å². The summed E-state index contributed by atoms with van der Waals surface area (Å²) < 4.78 is 7.10. The number of anilines is 1. The zero-order valence-electron chi connectivity index (χ0n) is 10.5. The van der Waals surface area contributed by atoms with Gasteiger partial charge in [0.25, 0.3) is 0 Å². The molecule has 1 aromatic heterocycles. The number of aromatic nitrogens is 2.